The van der Waals surface area contributed by atoms with Crippen molar-refractivity contribution in [3.63, 3.8) is 0 Å². The minimum atomic E-state index is -4.64. The van der Waals surface area contributed by atoms with E-state index in [-0.39, 0.29) is 24.7 Å². The van der Waals surface area contributed by atoms with E-state index in [0.29, 0.717) is 31.1 Å². The van der Waals surface area contributed by atoms with Crippen molar-refractivity contribution in [2.45, 2.75) is 36.9 Å². The minimum absolute atomic E-state index is 0.0997. The predicted octanol–water partition coefficient (Wildman–Crippen LogP) is 2.42. The maximum atomic E-state index is 13.1. The van der Waals surface area contributed by atoms with E-state index in [2.05, 4.69) is 5.10 Å². The van der Waals surface area contributed by atoms with Crippen LogP contribution in [0.4, 0.5) is 13.2 Å². The van der Waals surface area contributed by atoms with Crippen LogP contribution in [0.15, 0.2) is 29.2 Å². The first-order valence-corrected chi connectivity index (χ1v) is 11.0. The molecule has 2 aliphatic rings. The highest BCUT2D eigenvalue weighted by Gasteiger charge is 2.36. The molecule has 1 amide bonds. The summed E-state index contributed by atoms with van der Waals surface area (Å²) in [5, 5.41) is 4.33. The van der Waals surface area contributed by atoms with E-state index in [0.717, 1.165) is 41.0 Å². The molecule has 0 bridgehead atoms. The van der Waals surface area contributed by atoms with Gasteiger partial charge in [-0.05, 0) is 31.0 Å². The van der Waals surface area contributed by atoms with Gasteiger partial charge in [0.25, 0.3) is 5.91 Å². The van der Waals surface area contributed by atoms with Crippen molar-refractivity contribution >= 4 is 15.9 Å². The Hall–Kier alpha value is -2.40. The zero-order valence-electron chi connectivity index (χ0n) is 16.3. The van der Waals surface area contributed by atoms with Gasteiger partial charge in [-0.1, -0.05) is 6.07 Å². The molecule has 3 heterocycles. The van der Waals surface area contributed by atoms with Gasteiger partial charge in [0.1, 0.15) is 0 Å². The molecule has 1 aromatic carbocycles. The van der Waals surface area contributed by atoms with E-state index in [4.69, 9.17) is 0 Å². The largest absolute Gasteiger partial charge is 0.416 e. The molecule has 4 rings (SSSR count). The van der Waals surface area contributed by atoms with Gasteiger partial charge in [-0.3, -0.25) is 9.48 Å². The zero-order chi connectivity index (χ0) is 21.7. The number of hydrogen-bond acceptors (Lipinski definition) is 4. The topological polar surface area (TPSA) is 75.5 Å². The van der Waals surface area contributed by atoms with Gasteiger partial charge >= 0.3 is 6.18 Å². The minimum Gasteiger partial charge on any atom is -0.337 e. The highest BCUT2D eigenvalue weighted by Crippen LogP contribution is 2.33. The SMILES string of the molecule is Cn1nc(C(=O)N2CCCC2)c2c1CCN(S(=O)(=O)c1cccc(C(F)(F)F)c1)C2. The molecule has 0 spiro atoms. The second-order valence-corrected chi connectivity index (χ2v) is 9.45. The maximum Gasteiger partial charge on any atom is 0.416 e. The van der Waals surface area contributed by atoms with Gasteiger partial charge in [-0.25, -0.2) is 8.42 Å². The molecule has 162 valence electrons. The fourth-order valence-corrected chi connectivity index (χ4v) is 5.45. The van der Waals surface area contributed by atoms with Crippen molar-refractivity contribution in [2.24, 2.45) is 7.05 Å². The fraction of sp³-hybridized carbons (Fsp3) is 0.474. The Balaban J connectivity index is 1.66. The molecule has 0 atom stereocenters. The normalized spacial score (nSPS) is 17.9. The third-order valence-electron chi connectivity index (χ3n) is 5.60. The van der Waals surface area contributed by atoms with Crippen LogP contribution in [0, 0.1) is 0 Å². The van der Waals surface area contributed by atoms with Crippen LogP contribution < -0.4 is 0 Å². The van der Waals surface area contributed by atoms with Crippen molar-refractivity contribution < 1.29 is 26.4 Å². The Labute approximate surface area is 172 Å². The van der Waals surface area contributed by atoms with Crippen LogP contribution >= 0.6 is 0 Å². The van der Waals surface area contributed by atoms with Gasteiger partial charge in [0.05, 0.1) is 10.5 Å². The number of hydrogen-bond donors (Lipinski definition) is 0. The summed E-state index contributed by atoms with van der Waals surface area (Å²) in [5.74, 6) is -0.234. The molecule has 2 aromatic rings. The molecule has 1 saturated heterocycles. The Bertz CT molecular complexity index is 1090. The number of sulfonamides is 1. The van der Waals surface area contributed by atoms with Crippen LogP contribution in [0.1, 0.15) is 40.2 Å². The molecule has 1 aromatic heterocycles. The molecule has 7 nitrogen and oxygen atoms in total. The fourth-order valence-electron chi connectivity index (χ4n) is 4.00. The van der Waals surface area contributed by atoms with Crippen LogP contribution in [-0.2, 0) is 36.2 Å². The van der Waals surface area contributed by atoms with Gasteiger partial charge in [-0.2, -0.15) is 22.6 Å². The lowest BCUT2D eigenvalue weighted by molar-refractivity contribution is -0.137. The molecule has 30 heavy (non-hydrogen) atoms. The smallest absolute Gasteiger partial charge is 0.337 e. The number of likely N-dealkylation sites (tertiary alicyclic amines) is 1. The number of fused-ring (bicyclic) bond motifs is 1. The molecule has 0 saturated carbocycles. The first-order valence-electron chi connectivity index (χ1n) is 9.60. The summed E-state index contributed by atoms with van der Waals surface area (Å²) in [6.45, 7) is 1.27. The van der Waals surface area contributed by atoms with Gasteiger partial charge in [0.2, 0.25) is 10.0 Å². The number of alkyl halides is 3. The summed E-state index contributed by atoms with van der Waals surface area (Å²) < 4.78 is 67.9. The molecule has 0 N–H and O–H groups in total. The van der Waals surface area contributed by atoms with E-state index >= 15 is 0 Å². The molecular formula is C19H21F3N4O3S. The summed E-state index contributed by atoms with van der Waals surface area (Å²) in [7, 11) is -2.46. The van der Waals surface area contributed by atoms with Crippen LogP contribution in [0.5, 0.6) is 0 Å². The second kappa shape index (κ2) is 7.38. The summed E-state index contributed by atoms with van der Waals surface area (Å²) in [5.41, 5.74) is 0.495. The van der Waals surface area contributed by atoms with E-state index in [1.165, 1.54) is 0 Å². The summed E-state index contributed by atoms with van der Waals surface area (Å²) in [6.07, 6.45) is -2.49. The number of aromatic nitrogens is 2. The number of amides is 1. The number of carbonyl (C=O) groups is 1. The summed E-state index contributed by atoms with van der Waals surface area (Å²) in [4.78, 5) is 14.1. The van der Waals surface area contributed by atoms with Crippen molar-refractivity contribution in [2.75, 3.05) is 19.6 Å². The Morgan fingerprint density at radius 3 is 2.50 bits per heavy atom. The standard InChI is InChI=1S/C19H21F3N4O3S/c1-24-16-7-10-26(12-15(16)17(23-24)18(27)25-8-2-3-9-25)30(28,29)14-6-4-5-13(11-14)19(20,21)22/h4-6,11H,2-3,7-10,12H2,1H3. The number of aryl methyl sites for hydroxylation is 1. The van der Waals surface area contributed by atoms with E-state index in [1.54, 1.807) is 16.6 Å². The van der Waals surface area contributed by atoms with Crippen LogP contribution in [0.25, 0.3) is 0 Å². The van der Waals surface area contributed by atoms with Crippen molar-refractivity contribution in [3.8, 4) is 0 Å². The highest BCUT2D eigenvalue weighted by molar-refractivity contribution is 7.89. The lowest BCUT2D eigenvalue weighted by atomic mass is 10.1. The predicted molar refractivity (Wildman–Crippen MR) is 101 cm³/mol. The van der Waals surface area contributed by atoms with E-state index in [9.17, 15) is 26.4 Å². The molecule has 0 radical (unpaired) electrons. The zero-order valence-corrected chi connectivity index (χ0v) is 17.1. The third kappa shape index (κ3) is 3.60. The lowest BCUT2D eigenvalue weighted by Gasteiger charge is -2.27. The van der Waals surface area contributed by atoms with Crippen LogP contribution in [0.2, 0.25) is 0 Å². The molecule has 2 aliphatic heterocycles. The second-order valence-electron chi connectivity index (χ2n) is 7.51. The summed E-state index contributed by atoms with van der Waals surface area (Å²) >= 11 is 0. The average molecular weight is 442 g/mol. The Morgan fingerprint density at radius 1 is 1.13 bits per heavy atom. The van der Waals surface area contributed by atoms with Gasteiger partial charge in [-0.15, -0.1) is 0 Å². The number of carbonyl (C=O) groups excluding carboxylic acids is 1. The lowest BCUT2D eigenvalue weighted by Crippen LogP contribution is -2.37. The first-order chi connectivity index (χ1) is 14.1. The van der Waals surface area contributed by atoms with Crippen molar-refractivity contribution in [1.29, 1.82) is 0 Å². The van der Waals surface area contributed by atoms with Crippen molar-refractivity contribution in [3.05, 3.63) is 46.8 Å². The number of rotatable bonds is 3. The molecular weight excluding hydrogens is 421 g/mol. The molecule has 0 unspecified atom stereocenters. The summed E-state index contributed by atoms with van der Waals surface area (Å²) in [6, 6.07) is 3.71. The monoisotopic (exact) mass is 442 g/mol. The number of nitrogens with zero attached hydrogens (tertiary/aromatic N) is 4. The third-order valence-corrected chi connectivity index (χ3v) is 7.44. The molecule has 1 fully saturated rings. The van der Waals surface area contributed by atoms with Gasteiger partial charge in [0, 0.05) is 50.9 Å². The number of benzene rings is 1. The molecule has 0 aliphatic carbocycles. The Kier molecular flexibility index (Phi) is 5.13. The molecule has 11 heteroatoms. The average Bonchev–Trinajstić information content (AvgIpc) is 3.35. The van der Waals surface area contributed by atoms with E-state index in [1.807, 2.05) is 0 Å². The Morgan fingerprint density at radius 2 is 1.83 bits per heavy atom. The van der Waals surface area contributed by atoms with Gasteiger partial charge < -0.3 is 4.90 Å². The maximum absolute atomic E-state index is 13.1. The van der Waals surface area contributed by atoms with Crippen molar-refractivity contribution in [1.82, 2.24) is 19.0 Å². The number of halogens is 3. The van der Waals surface area contributed by atoms with Crippen LogP contribution in [0.3, 0.4) is 0 Å². The van der Waals surface area contributed by atoms with Crippen LogP contribution in [-0.4, -0.2) is 52.9 Å². The highest BCUT2D eigenvalue weighted by atomic mass is 32.2. The van der Waals surface area contributed by atoms with E-state index < -0.39 is 26.7 Å². The van der Waals surface area contributed by atoms with Gasteiger partial charge in [0.15, 0.2) is 5.69 Å². The quantitative estimate of drug-likeness (QED) is 0.732. The first kappa shape index (κ1) is 20.9.